The molecule has 106 valence electrons. The lowest BCUT2D eigenvalue weighted by molar-refractivity contribution is 0.455. The molecule has 0 aliphatic rings. The molecule has 2 rings (SSSR count). The molecule has 0 bridgehead atoms. The molecule has 0 saturated heterocycles. The summed E-state index contributed by atoms with van der Waals surface area (Å²) in [6.45, 7) is 6.50. The second-order valence-electron chi connectivity index (χ2n) is 5.74. The molecule has 2 aromatic rings. The number of para-hydroxylation sites is 1. The summed E-state index contributed by atoms with van der Waals surface area (Å²) in [5.74, 6) is 1.98. The second kappa shape index (κ2) is 6.07. The molecule has 2 aromatic carbocycles. The normalized spacial score (nSPS) is 11.4. The van der Waals surface area contributed by atoms with Crippen LogP contribution in [0.1, 0.15) is 31.9 Å². The molecule has 0 amide bonds. The number of benzene rings is 2. The van der Waals surface area contributed by atoms with E-state index in [9.17, 15) is 0 Å². The van der Waals surface area contributed by atoms with Gasteiger partial charge in [0.05, 0.1) is 0 Å². The van der Waals surface area contributed by atoms with Gasteiger partial charge in [-0.3, -0.25) is 0 Å². The lowest BCUT2D eigenvalue weighted by atomic mass is 9.86. The van der Waals surface area contributed by atoms with E-state index in [0.717, 1.165) is 22.6 Å². The molecule has 0 aliphatic heterocycles. The van der Waals surface area contributed by atoms with Gasteiger partial charge < -0.3 is 4.74 Å². The van der Waals surface area contributed by atoms with Crippen molar-refractivity contribution in [2.45, 2.75) is 32.1 Å². The second-order valence-corrected chi connectivity index (χ2v) is 6.41. The Kier molecular flexibility index (Phi) is 4.62. The first-order valence-corrected chi connectivity index (χ1v) is 7.45. The highest BCUT2D eigenvalue weighted by Crippen LogP contribution is 2.35. The van der Waals surface area contributed by atoms with E-state index in [1.54, 1.807) is 6.07 Å². The predicted octanol–water partition coefficient (Wildman–Crippen LogP) is 6.17. The molecule has 0 N–H and O–H groups in total. The quantitative estimate of drug-likeness (QED) is 0.616. The van der Waals surface area contributed by atoms with Crippen LogP contribution in [-0.4, -0.2) is 0 Å². The molecule has 1 nitrogen and oxygen atoms in total. The van der Waals surface area contributed by atoms with Gasteiger partial charge in [-0.25, -0.2) is 0 Å². The Morgan fingerprint density at radius 3 is 2.35 bits per heavy atom. The number of halogens is 2. The van der Waals surface area contributed by atoms with Crippen LogP contribution in [0, 0.1) is 0 Å². The summed E-state index contributed by atoms with van der Waals surface area (Å²) in [4.78, 5) is 0. The van der Waals surface area contributed by atoms with Gasteiger partial charge in [-0.15, -0.1) is 11.6 Å². The van der Waals surface area contributed by atoms with Crippen molar-refractivity contribution in [3.63, 3.8) is 0 Å². The molecule has 0 saturated carbocycles. The van der Waals surface area contributed by atoms with E-state index in [-0.39, 0.29) is 5.41 Å². The molecule has 20 heavy (non-hydrogen) atoms. The highest BCUT2D eigenvalue weighted by molar-refractivity contribution is 6.32. The molecular formula is C17H18Cl2O. The first-order chi connectivity index (χ1) is 9.41. The number of rotatable bonds is 3. The van der Waals surface area contributed by atoms with Gasteiger partial charge in [-0.2, -0.15) is 0 Å². The third kappa shape index (κ3) is 3.47. The molecule has 0 atom stereocenters. The maximum Gasteiger partial charge on any atom is 0.131 e. The van der Waals surface area contributed by atoms with E-state index in [1.165, 1.54) is 0 Å². The minimum Gasteiger partial charge on any atom is -0.457 e. The summed E-state index contributed by atoms with van der Waals surface area (Å²) in [7, 11) is 0. The van der Waals surface area contributed by atoms with Crippen molar-refractivity contribution < 1.29 is 4.74 Å². The van der Waals surface area contributed by atoms with Crippen molar-refractivity contribution >= 4 is 23.2 Å². The van der Waals surface area contributed by atoms with Crippen LogP contribution in [0.25, 0.3) is 0 Å². The van der Waals surface area contributed by atoms with Crippen LogP contribution >= 0.6 is 23.2 Å². The number of ether oxygens (including phenoxy) is 1. The van der Waals surface area contributed by atoms with E-state index in [4.69, 9.17) is 27.9 Å². The van der Waals surface area contributed by atoms with Crippen LogP contribution in [0.5, 0.6) is 11.5 Å². The Morgan fingerprint density at radius 2 is 1.75 bits per heavy atom. The smallest absolute Gasteiger partial charge is 0.131 e. The van der Waals surface area contributed by atoms with Crippen molar-refractivity contribution in [3.05, 3.63) is 58.6 Å². The Bertz CT molecular complexity index is 600. The third-order valence-corrected chi connectivity index (χ3v) is 3.73. The summed E-state index contributed by atoms with van der Waals surface area (Å²) in [5, 5.41) is 0.630. The van der Waals surface area contributed by atoms with Crippen LogP contribution in [0.2, 0.25) is 5.02 Å². The monoisotopic (exact) mass is 308 g/mol. The summed E-state index contributed by atoms with van der Waals surface area (Å²) in [6.07, 6.45) is 0. The van der Waals surface area contributed by atoms with E-state index < -0.39 is 0 Å². The van der Waals surface area contributed by atoms with E-state index in [0.29, 0.717) is 10.9 Å². The van der Waals surface area contributed by atoms with Crippen molar-refractivity contribution in [3.8, 4) is 11.5 Å². The lowest BCUT2D eigenvalue weighted by Gasteiger charge is -2.22. The van der Waals surface area contributed by atoms with E-state index in [1.807, 2.05) is 30.3 Å². The van der Waals surface area contributed by atoms with Gasteiger partial charge in [-0.05, 0) is 29.2 Å². The summed E-state index contributed by atoms with van der Waals surface area (Å²) in [6, 6.07) is 13.6. The zero-order chi connectivity index (χ0) is 14.8. The van der Waals surface area contributed by atoms with Gasteiger partial charge in [0.1, 0.15) is 11.5 Å². The Hall–Kier alpha value is -1.18. The fraction of sp³-hybridized carbons (Fsp3) is 0.294. The highest BCUT2D eigenvalue weighted by atomic mass is 35.5. The fourth-order valence-corrected chi connectivity index (χ4v) is 2.54. The first kappa shape index (κ1) is 15.2. The maximum absolute atomic E-state index is 6.16. The average molecular weight is 309 g/mol. The zero-order valence-electron chi connectivity index (χ0n) is 11.9. The number of hydrogen-bond donors (Lipinski definition) is 0. The highest BCUT2D eigenvalue weighted by Gasteiger charge is 2.18. The molecule has 3 heteroatoms. The molecule has 0 unspecified atom stereocenters. The molecule has 0 fully saturated rings. The Balaban J connectivity index is 2.33. The van der Waals surface area contributed by atoms with Crippen molar-refractivity contribution in [1.29, 1.82) is 0 Å². The van der Waals surface area contributed by atoms with Crippen molar-refractivity contribution in [2.24, 2.45) is 0 Å². The van der Waals surface area contributed by atoms with Gasteiger partial charge >= 0.3 is 0 Å². The fourth-order valence-electron chi connectivity index (χ4n) is 2.00. The SMILES string of the molecule is CC(C)(C)c1ccccc1Oc1ccc(CCl)c(Cl)c1. The van der Waals surface area contributed by atoms with Gasteiger partial charge in [0.15, 0.2) is 0 Å². The van der Waals surface area contributed by atoms with Gasteiger partial charge in [0, 0.05) is 16.5 Å². The zero-order valence-corrected chi connectivity index (χ0v) is 13.4. The average Bonchev–Trinajstić information content (AvgIpc) is 2.38. The van der Waals surface area contributed by atoms with E-state index in [2.05, 4.69) is 26.8 Å². The number of hydrogen-bond acceptors (Lipinski definition) is 1. The largest absolute Gasteiger partial charge is 0.457 e. The summed E-state index contributed by atoms with van der Waals surface area (Å²) < 4.78 is 5.99. The maximum atomic E-state index is 6.16. The first-order valence-electron chi connectivity index (χ1n) is 6.53. The Morgan fingerprint density at radius 1 is 1.05 bits per heavy atom. The Labute approximate surface area is 130 Å². The lowest BCUT2D eigenvalue weighted by Crippen LogP contribution is -2.12. The minimum absolute atomic E-state index is 0.0243. The molecule has 0 aliphatic carbocycles. The van der Waals surface area contributed by atoms with Crippen molar-refractivity contribution in [1.82, 2.24) is 0 Å². The van der Waals surface area contributed by atoms with Crippen LogP contribution in [-0.2, 0) is 11.3 Å². The van der Waals surface area contributed by atoms with Gasteiger partial charge in [0.25, 0.3) is 0 Å². The van der Waals surface area contributed by atoms with Crippen LogP contribution in [0.4, 0.5) is 0 Å². The topological polar surface area (TPSA) is 9.23 Å². The van der Waals surface area contributed by atoms with Crippen LogP contribution in [0.3, 0.4) is 0 Å². The van der Waals surface area contributed by atoms with Crippen LogP contribution < -0.4 is 4.74 Å². The van der Waals surface area contributed by atoms with E-state index >= 15 is 0 Å². The molecular weight excluding hydrogens is 291 g/mol. The minimum atomic E-state index is 0.0243. The predicted molar refractivity (Wildman–Crippen MR) is 86.2 cm³/mol. The third-order valence-electron chi connectivity index (χ3n) is 3.09. The summed E-state index contributed by atoms with van der Waals surface area (Å²) in [5.41, 5.74) is 2.10. The molecule has 0 spiro atoms. The number of alkyl halides is 1. The van der Waals surface area contributed by atoms with Crippen molar-refractivity contribution in [2.75, 3.05) is 0 Å². The standard InChI is InChI=1S/C17H18Cl2O/c1-17(2,3)14-6-4-5-7-16(14)20-13-9-8-12(11-18)15(19)10-13/h4-10H,11H2,1-3H3. The molecule has 0 heterocycles. The van der Waals surface area contributed by atoms with Gasteiger partial charge in [-0.1, -0.05) is 56.6 Å². The molecule has 0 radical (unpaired) electrons. The van der Waals surface area contributed by atoms with Gasteiger partial charge in [0.2, 0.25) is 0 Å². The van der Waals surface area contributed by atoms with Crippen LogP contribution in [0.15, 0.2) is 42.5 Å². The summed E-state index contributed by atoms with van der Waals surface area (Å²) >= 11 is 12.0. The molecule has 0 aromatic heterocycles.